The van der Waals surface area contributed by atoms with Gasteiger partial charge in [-0.3, -0.25) is 0 Å². The fourth-order valence-corrected chi connectivity index (χ4v) is 5.12. The van der Waals surface area contributed by atoms with Crippen LogP contribution in [0, 0.1) is 0 Å². The molecule has 2 aliphatic rings. The molecular weight excluding hydrogens is 441 g/mol. The Morgan fingerprint density at radius 1 is 1.00 bits per heavy atom. The highest BCUT2D eigenvalue weighted by Gasteiger charge is 2.51. The van der Waals surface area contributed by atoms with Gasteiger partial charge in [-0.05, 0) is 71.5 Å². The van der Waals surface area contributed by atoms with E-state index in [1.165, 1.54) is 0 Å². The fraction of sp³-hybridized carbons (Fsp3) is 0.571. The first-order valence-electron chi connectivity index (χ1n) is 12.6. The monoisotopic (exact) mass is 481 g/mol. The van der Waals surface area contributed by atoms with Gasteiger partial charge in [-0.1, -0.05) is 54.6 Å². The van der Waals surface area contributed by atoms with Crippen LogP contribution in [-0.4, -0.2) is 52.0 Å². The smallest absolute Gasteiger partial charge is 0.399 e. The Kier molecular flexibility index (Phi) is 6.99. The molecule has 2 aliphatic heterocycles. The van der Waals surface area contributed by atoms with Crippen LogP contribution in [0.1, 0.15) is 78.5 Å². The number of hydrogen-bond donors (Lipinski definition) is 2. The number of rotatable bonds is 6. The second-order valence-electron chi connectivity index (χ2n) is 11.7. The van der Waals surface area contributed by atoms with Gasteiger partial charge < -0.3 is 24.3 Å². The molecule has 4 rings (SSSR count). The molecule has 0 amide bonds. The maximum atomic E-state index is 11.1. The van der Waals surface area contributed by atoms with E-state index >= 15 is 0 Å². The Balaban J connectivity index is 1.49. The molecule has 0 bridgehead atoms. The van der Waals surface area contributed by atoms with Gasteiger partial charge in [0.15, 0.2) is 0 Å². The maximum absolute atomic E-state index is 11.1. The van der Waals surface area contributed by atoms with Gasteiger partial charge in [-0.15, -0.1) is 0 Å². The van der Waals surface area contributed by atoms with Crippen LogP contribution in [0.5, 0.6) is 0 Å². The number of nitrogens with zero attached hydrogens (tertiary/aromatic N) is 1. The lowest BCUT2D eigenvalue weighted by Gasteiger charge is -2.48. The van der Waals surface area contributed by atoms with Gasteiger partial charge in [-0.2, -0.15) is 0 Å². The molecule has 1 unspecified atom stereocenters. The lowest BCUT2D eigenvalue weighted by atomic mass is 9.78. The minimum absolute atomic E-state index is 0.0618. The Labute approximate surface area is 210 Å². The SMILES string of the molecule is C[C@@H](c1ccc(B2OC(C)(C)C(C)(C)O2)cc1)N1CC[C@](CC(C)(C)O)(c2ccccc2)OC1O. The van der Waals surface area contributed by atoms with Crippen LogP contribution in [0.15, 0.2) is 54.6 Å². The van der Waals surface area contributed by atoms with Gasteiger partial charge in [-0.25, -0.2) is 4.90 Å². The van der Waals surface area contributed by atoms with Gasteiger partial charge >= 0.3 is 7.12 Å². The molecule has 2 N–H and O–H groups in total. The summed E-state index contributed by atoms with van der Waals surface area (Å²) in [6.45, 7) is 14.5. The zero-order valence-electron chi connectivity index (χ0n) is 22.1. The van der Waals surface area contributed by atoms with E-state index in [1.54, 1.807) is 13.8 Å². The van der Waals surface area contributed by atoms with Crippen molar-refractivity contribution in [2.24, 2.45) is 0 Å². The molecular formula is C28H40BNO5. The molecule has 2 saturated heterocycles. The van der Waals surface area contributed by atoms with Crippen molar-refractivity contribution in [2.45, 2.75) is 96.2 Å². The third kappa shape index (κ3) is 5.36. The molecule has 2 heterocycles. The molecule has 0 spiro atoms. The number of aliphatic hydroxyl groups is 2. The Hall–Kier alpha value is -1.74. The molecule has 0 aliphatic carbocycles. The average molecular weight is 481 g/mol. The van der Waals surface area contributed by atoms with Crippen LogP contribution >= 0.6 is 0 Å². The summed E-state index contributed by atoms with van der Waals surface area (Å²) in [4.78, 5) is 1.95. The van der Waals surface area contributed by atoms with Gasteiger partial charge in [0.25, 0.3) is 0 Å². The maximum Gasteiger partial charge on any atom is 0.494 e. The highest BCUT2D eigenvalue weighted by Crippen LogP contribution is 2.43. The summed E-state index contributed by atoms with van der Waals surface area (Å²) in [5, 5.41) is 21.7. The van der Waals surface area contributed by atoms with Crippen molar-refractivity contribution in [3.05, 3.63) is 65.7 Å². The molecule has 0 saturated carbocycles. The van der Waals surface area contributed by atoms with Gasteiger partial charge in [0.05, 0.1) is 16.8 Å². The van der Waals surface area contributed by atoms with E-state index in [0.717, 1.165) is 16.6 Å². The van der Waals surface area contributed by atoms with E-state index in [1.807, 2.05) is 47.4 Å². The first kappa shape index (κ1) is 26.3. The lowest BCUT2D eigenvalue weighted by Crippen LogP contribution is -2.53. The summed E-state index contributed by atoms with van der Waals surface area (Å²) >= 11 is 0. The summed E-state index contributed by atoms with van der Waals surface area (Å²) in [6.07, 6.45) is -0.0374. The predicted octanol–water partition coefficient (Wildman–Crippen LogP) is 4.10. The van der Waals surface area contributed by atoms with Crippen LogP contribution < -0.4 is 5.46 Å². The average Bonchev–Trinajstić information content (AvgIpc) is 3.00. The van der Waals surface area contributed by atoms with Crippen LogP contribution in [0.3, 0.4) is 0 Å². The Morgan fingerprint density at radius 2 is 1.57 bits per heavy atom. The van der Waals surface area contributed by atoms with E-state index in [9.17, 15) is 10.2 Å². The second kappa shape index (κ2) is 9.29. The number of ether oxygens (including phenoxy) is 1. The van der Waals surface area contributed by atoms with E-state index in [4.69, 9.17) is 14.0 Å². The highest BCUT2D eigenvalue weighted by molar-refractivity contribution is 6.62. The minimum Gasteiger partial charge on any atom is -0.399 e. The van der Waals surface area contributed by atoms with E-state index < -0.39 is 24.7 Å². The molecule has 3 atom stereocenters. The van der Waals surface area contributed by atoms with Crippen LogP contribution in [0.25, 0.3) is 0 Å². The van der Waals surface area contributed by atoms with E-state index in [0.29, 0.717) is 19.4 Å². The van der Waals surface area contributed by atoms with Crippen molar-refractivity contribution in [3.8, 4) is 0 Å². The molecule has 0 radical (unpaired) electrons. The second-order valence-corrected chi connectivity index (χ2v) is 11.7. The van der Waals surface area contributed by atoms with E-state index in [2.05, 4.69) is 46.8 Å². The molecule has 6 nitrogen and oxygen atoms in total. The normalized spacial score (nSPS) is 27.7. The summed E-state index contributed by atoms with van der Waals surface area (Å²) in [5.41, 5.74) is 0.564. The Morgan fingerprint density at radius 3 is 2.09 bits per heavy atom. The Bertz CT molecular complexity index is 988. The highest BCUT2D eigenvalue weighted by atomic mass is 16.7. The summed E-state index contributed by atoms with van der Waals surface area (Å²) in [6, 6.07) is 18.0. The topological polar surface area (TPSA) is 71.4 Å². The van der Waals surface area contributed by atoms with Crippen molar-refractivity contribution in [3.63, 3.8) is 0 Å². The number of benzene rings is 2. The zero-order valence-corrected chi connectivity index (χ0v) is 22.1. The van der Waals surface area contributed by atoms with Crippen molar-refractivity contribution in [1.29, 1.82) is 0 Å². The van der Waals surface area contributed by atoms with Crippen molar-refractivity contribution in [2.75, 3.05) is 6.54 Å². The van der Waals surface area contributed by atoms with Crippen molar-refractivity contribution < 1.29 is 24.3 Å². The number of aliphatic hydroxyl groups excluding tert-OH is 1. The first-order chi connectivity index (χ1) is 16.2. The van der Waals surface area contributed by atoms with E-state index in [-0.39, 0.29) is 17.2 Å². The molecule has 35 heavy (non-hydrogen) atoms. The van der Waals surface area contributed by atoms with Crippen molar-refractivity contribution in [1.82, 2.24) is 4.90 Å². The first-order valence-corrected chi connectivity index (χ1v) is 12.6. The molecule has 2 aromatic carbocycles. The molecule has 190 valence electrons. The largest absolute Gasteiger partial charge is 0.494 e. The number of hydrogen-bond acceptors (Lipinski definition) is 6. The molecule has 2 aromatic rings. The lowest BCUT2D eigenvalue weighted by molar-refractivity contribution is -0.304. The summed E-state index contributed by atoms with van der Waals surface area (Å²) < 4.78 is 18.7. The van der Waals surface area contributed by atoms with Gasteiger partial charge in [0, 0.05) is 19.0 Å². The summed E-state index contributed by atoms with van der Waals surface area (Å²) in [5.74, 6) is 0. The van der Waals surface area contributed by atoms with Crippen LogP contribution in [-0.2, 0) is 19.6 Å². The molecule has 7 heteroatoms. The van der Waals surface area contributed by atoms with Gasteiger partial charge in [0.2, 0.25) is 6.41 Å². The zero-order chi connectivity index (χ0) is 25.6. The van der Waals surface area contributed by atoms with Crippen LogP contribution in [0.4, 0.5) is 0 Å². The van der Waals surface area contributed by atoms with Crippen LogP contribution in [0.2, 0.25) is 0 Å². The minimum atomic E-state index is -1.09. The van der Waals surface area contributed by atoms with Crippen molar-refractivity contribution >= 4 is 12.6 Å². The molecule has 2 fully saturated rings. The third-order valence-electron chi connectivity index (χ3n) is 7.85. The fourth-order valence-electron chi connectivity index (χ4n) is 5.12. The van der Waals surface area contributed by atoms with Gasteiger partial charge in [0.1, 0.15) is 5.60 Å². The summed E-state index contributed by atoms with van der Waals surface area (Å²) in [7, 11) is -0.401. The quantitative estimate of drug-likeness (QED) is 0.606. The third-order valence-corrected chi connectivity index (χ3v) is 7.85. The molecule has 0 aromatic heterocycles. The standard InChI is InChI=1S/C28H40BNO5/c1-20(21-13-15-23(16-14-21)29-34-26(4,5)27(6,7)35-29)30-18-17-28(33-24(30)31,19-25(2,3)32)22-11-9-8-10-12-22/h8-16,20,24,31-32H,17-19H2,1-7H3/t20-,24?,28-/m0/s1. The predicted molar refractivity (Wildman–Crippen MR) is 138 cm³/mol.